The van der Waals surface area contributed by atoms with Crippen LogP contribution in [-0.4, -0.2) is 61.3 Å². The molecule has 0 bridgehead atoms. The lowest BCUT2D eigenvalue weighted by atomic mass is 10.1. The number of nitrogens with zero attached hydrogens (tertiary/aromatic N) is 5. The van der Waals surface area contributed by atoms with Crippen LogP contribution >= 0.6 is 0 Å². The molecule has 6 nitrogen and oxygen atoms in total. The number of benzene rings is 1. The predicted molar refractivity (Wildman–Crippen MR) is 90.9 cm³/mol. The van der Waals surface area contributed by atoms with Crippen molar-refractivity contribution >= 4 is 17.5 Å². The number of carbonyl (C=O) groups excluding carboxylic acids is 1. The van der Waals surface area contributed by atoms with E-state index >= 15 is 0 Å². The second-order valence-electron chi connectivity index (χ2n) is 5.90. The average Bonchev–Trinajstić information content (AvgIpc) is 2.62. The first-order valence-electron chi connectivity index (χ1n) is 7.86. The summed E-state index contributed by atoms with van der Waals surface area (Å²) in [5.41, 5.74) is 0.126. The summed E-state index contributed by atoms with van der Waals surface area (Å²) in [5, 5.41) is 8.41. The summed E-state index contributed by atoms with van der Waals surface area (Å²) in [6, 6.07) is 9.94. The van der Waals surface area contributed by atoms with Gasteiger partial charge in [-0.05, 0) is 24.3 Å². The standard InChI is InChI=1S/C17H20FN5O/c1-21(2)15-7-8-16(20-19-15)22-9-11-23(12-10-22)17(24)13-5-3-4-6-14(13)18/h3-8H,9-12H2,1-2H3. The number of aromatic nitrogens is 2. The zero-order chi connectivity index (χ0) is 17.1. The molecule has 7 heteroatoms. The van der Waals surface area contributed by atoms with E-state index < -0.39 is 5.82 Å². The molecule has 1 aromatic heterocycles. The summed E-state index contributed by atoms with van der Waals surface area (Å²) in [4.78, 5) is 18.1. The number of piperazine rings is 1. The van der Waals surface area contributed by atoms with Gasteiger partial charge in [-0.1, -0.05) is 12.1 Å². The summed E-state index contributed by atoms with van der Waals surface area (Å²) in [6.07, 6.45) is 0. The van der Waals surface area contributed by atoms with Gasteiger partial charge >= 0.3 is 0 Å². The van der Waals surface area contributed by atoms with Crippen LogP contribution in [0.5, 0.6) is 0 Å². The Hall–Kier alpha value is -2.70. The highest BCUT2D eigenvalue weighted by Crippen LogP contribution is 2.17. The number of rotatable bonds is 3. The Labute approximate surface area is 140 Å². The average molecular weight is 329 g/mol. The Kier molecular flexibility index (Phi) is 4.59. The lowest BCUT2D eigenvalue weighted by Crippen LogP contribution is -2.49. The maximum absolute atomic E-state index is 13.8. The van der Waals surface area contributed by atoms with Gasteiger partial charge in [0.25, 0.3) is 5.91 Å². The molecule has 0 N–H and O–H groups in total. The topological polar surface area (TPSA) is 52.6 Å². The van der Waals surface area contributed by atoms with E-state index in [9.17, 15) is 9.18 Å². The van der Waals surface area contributed by atoms with E-state index in [0.717, 1.165) is 11.6 Å². The fourth-order valence-corrected chi connectivity index (χ4v) is 2.67. The van der Waals surface area contributed by atoms with Crippen molar-refractivity contribution < 1.29 is 9.18 Å². The van der Waals surface area contributed by atoms with Crippen molar-refractivity contribution in [3.8, 4) is 0 Å². The lowest BCUT2D eigenvalue weighted by molar-refractivity contribution is 0.0742. The predicted octanol–water partition coefficient (Wildman–Crippen LogP) is 1.64. The van der Waals surface area contributed by atoms with Crippen LogP contribution in [0.25, 0.3) is 0 Å². The third-order valence-electron chi connectivity index (χ3n) is 4.09. The third kappa shape index (κ3) is 3.29. The molecule has 0 saturated carbocycles. The van der Waals surface area contributed by atoms with Crippen molar-refractivity contribution in [1.82, 2.24) is 15.1 Å². The van der Waals surface area contributed by atoms with Crippen LogP contribution in [0.15, 0.2) is 36.4 Å². The molecule has 2 aromatic rings. The van der Waals surface area contributed by atoms with Gasteiger partial charge in [-0.2, -0.15) is 0 Å². The quantitative estimate of drug-likeness (QED) is 0.857. The first kappa shape index (κ1) is 16.2. The number of anilines is 2. The number of halogens is 1. The molecule has 0 spiro atoms. The van der Waals surface area contributed by atoms with E-state index in [0.29, 0.717) is 26.2 Å². The summed E-state index contributed by atoms with van der Waals surface area (Å²) in [5.74, 6) is 0.850. The molecular formula is C17H20FN5O. The van der Waals surface area contributed by atoms with Gasteiger partial charge in [0, 0.05) is 40.3 Å². The molecule has 0 aliphatic carbocycles. The third-order valence-corrected chi connectivity index (χ3v) is 4.09. The lowest BCUT2D eigenvalue weighted by Gasteiger charge is -2.35. The Bertz CT molecular complexity index is 711. The summed E-state index contributed by atoms with van der Waals surface area (Å²) in [7, 11) is 3.83. The summed E-state index contributed by atoms with van der Waals surface area (Å²) in [6.45, 7) is 2.36. The van der Waals surface area contributed by atoms with E-state index in [1.54, 1.807) is 17.0 Å². The molecule has 1 aliphatic rings. The maximum atomic E-state index is 13.8. The molecular weight excluding hydrogens is 309 g/mol. The molecule has 0 unspecified atom stereocenters. The highest BCUT2D eigenvalue weighted by Gasteiger charge is 2.24. The number of amides is 1. The van der Waals surface area contributed by atoms with Crippen molar-refractivity contribution in [1.29, 1.82) is 0 Å². The fraction of sp³-hybridized carbons (Fsp3) is 0.353. The van der Waals surface area contributed by atoms with Gasteiger partial charge in [0.15, 0.2) is 11.6 Å². The van der Waals surface area contributed by atoms with E-state index in [1.165, 1.54) is 12.1 Å². The van der Waals surface area contributed by atoms with Crippen LogP contribution in [0.1, 0.15) is 10.4 Å². The van der Waals surface area contributed by atoms with Gasteiger partial charge in [0.2, 0.25) is 0 Å². The minimum Gasteiger partial charge on any atom is -0.361 e. The van der Waals surface area contributed by atoms with E-state index in [1.807, 2.05) is 31.1 Å². The minimum absolute atomic E-state index is 0.126. The number of hydrogen-bond donors (Lipinski definition) is 0. The van der Waals surface area contributed by atoms with Crippen LogP contribution in [0.2, 0.25) is 0 Å². The molecule has 1 aliphatic heterocycles. The highest BCUT2D eigenvalue weighted by atomic mass is 19.1. The van der Waals surface area contributed by atoms with Gasteiger partial charge in [-0.15, -0.1) is 10.2 Å². The van der Waals surface area contributed by atoms with Crippen LogP contribution in [0, 0.1) is 5.82 Å². The second kappa shape index (κ2) is 6.82. The molecule has 24 heavy (non-hydrogen) atoms. The zero-order valence-corrected chi connectivity index (χ0v) is 13.8. The summed E-state index contributed by atoms with van der Waals surface area (Å²) < 4.78 is 13.8. The Morgan fingerprint density at radius 2 is 1.75 bits per heavy atom. The molecule has 1 aromatic carbocycles. The highest BCUT2D eigenvalue weighted by molar-refractivity contribution is 5.94. The smallest absolute Gasteiger partial charge is 0.256 e. The number of hydrogen-bond acceptors (Lipinski definition) is 5. The van der Waals surface area contributed by atoms with Crippen molar-refractivity contribution in [2.45, 2.75) is 0 Å². The number of carbonyl (C=O) groups is 1. The minimum atomic E-state index is -0.477. The fourth-order valence-electron chi connectivity index (χ4n) is 2.67. The molecule has 126 valence electrons. The van der Waals surface area contributed by atoms with Gasteiger partial charge in [0.1, 0.15) is 5.82 Å². The first-order chi connectivity index (χ1) is 11.6. The van der Waals surface area contributed by atoms with Gasteiger partial charge in [-0.25, -0.2) is 4.39 Å². The van der Waals surface area contributed by atoms with Crippen molar-refractivity contribution in [2.24, 2.45) is 0 Å². The van der Waals surface area contributed by atoms with E-state index in [2.05, 4.69) is 15.1 Å². The van der Waals surface area contributed by atoms with Crippen molar-refractivity contribution in [3.05, 3.63) is 47.8 Å². The maximum Gasteiger partial charge on any atom is 0.256 e. The van der Waals surface area contributed by atoms with Gasteiger partial charge < -0.3 is 14.7 Å². The SMILES string of the molecule is CN(C)c1ccc(N2CCN(C(=O)c3ccccc3F)CC2)nn1. The summed E-state index contributed by atoms with van der Waals surface area (Å²) >= 11 is 0. The largest absolute Gasteiger partial charge is 0.361 e. The molecule has 1 saturated heterocycles. The zero-order valence-electron chi connectivity index (χ0n) is 13.8. The molecule has 0 radical (unpaired) electrons. The second-order valence-corrected chi connectivity index (χ2v) is 5.90. The molecule has 0 atom stereocenters. The first-order valence-corrected chi connectivity index (χ1v) is 7.86. The van der Waals surface area contributed by atoms with E-state index in [4.69, 9.17) is 0 Å². The van der Waals surface area contributed by atoms with Crippen molar-refractivity contribution in [3.63, 3.8) is 0 Å². The Morgan fingerprint density at radius 1 is 1.04 bits per heavy atom. The van der Waals surface area contributed by atoms with Crippen molar-refractivity contribution in [2.75, 3.05) is 50.1 Å². The van der Waals surface area contributed by atoms with Crippen LogP contribution in [0.3, 0.4) is 0 Å². The van der Waals surface area contributed by atoms with Gasteiger partial charge in [-0.3, -0.25) is 4.79 Å². The van der Waals surface area contributed by atoms with Crippen LogP contribution in [-0.2, 0) is 0 Å². The van der Waals surface area contributed by atoms with Crippen LogP contribution in [0.4, 0.5) is 16.0 Å². The van der Waals surface area contributed by atoms with E-state index in [-0.39, 0.29) is 11.5 Å². The Balaban J connectivity index is 1.63. The molecule has 3 rings (SSSR count). The van der Waals surface area contributed by atoms with Gasteiger partial charge in [0.05, 0.1) is 5.56 Å². The Morgan fingerprint density at radius 3 is 2.33 bits per heavy atom. The molecule has 1 amide bonds. The monoisotopic (exact) mass is 329 g/mol. The van der Waals surface area contributed by atoms with Crippen LogP contribution < -0.4 is 9.80 Å². The molecule has 2 heterocycles. The molecule has 1 fully saturated rings. The normalized spacial score (nSPS) is 14.6.